The highest BCUT2D eigenvalue weighted by Crippen LogP contribution is 2.38. The smallest absolute Gasteiger partial charge is 0.203 e. The summed E-state index contributed by atoms with van der Waals surface area (Å²) in [4.78, 5) is 0. The van der Waals surface area contributed by atoms with Gasteiger partial charge < -0.3 is 14.2 Å². The SMILES string of the molecule is COc1cc(/C=C/Cl)cc(OC)c1OC. The van der Waals surface area contributed by atoms with Crippen LogP contribution in [0.15, 0.2) is 17.7 Å². The van der Waals surface area contributed by atoms with Gasteiger partial charge in [-0.25, -0.2) is 0 Å². The largest absolute Gasteiger partial charge is 0.493 e. The molecule has 1 rings (SSSR count). The van der Waals surface area contributed by atoms with Crippen molar-refractivity contribution in [3.63, 3.8) is 0 Å². The molecule has 1 aromatic rings. The Morgan fingerprint density at radius 3 is 1.87 bits per heavy atom. The standard InChI is InChI=1S/C11H13ClO3/c1-13-9-6-8(4-5-12)7-10(14-2)11(9)15-3/h4-7H,1-3H3/b5-4+. The fraction of sp³-hybridized carbons (Fsp3) is 0.273. The molecule has 1 aromatic carbocycles. The van der Waals surface area contributed by atoms with Crippen molar-refractivity contribution in [1.82, 2.24) is 0 Å². The zero-order valence-corrected chi connectivity index (χ0v) is 9.67. The van der Waals surface area contributed by atoms with Crippen molar-refractivity contribution in [3.8, 4) is 17.2 Å². The van der Waals surface area contributed by atoms with Gasteiger partial charge in [0.05, 0.1) is 21.3 Å². The average Bonchev–Trinajstić information content (AvgIpc) is 2.28. The van der Waals surface area contributed by atoms with Crippen molar-refractivity contribution < 1.29 is 14.2 Å². The summed E-state index contributed by atoms with van der Waals surface area (Å²) in [5.41, 5.74) is 2.32. The summed E-state index contributed by atoms with van der Waals surface area (Å²) < 4.78 is 15.6. The highest BCUT2D eigenvalue weighted by molar-refractivity contribution is 6.27. The molecule has 82 valence electrons. The molecule has 3 nitrogen and oxygen atoms in total. The third-order valence-electron chi connectivity index (χ3n) is 1.94. The Morgan fingerprint density at radius 2 is 1.53 bits per heavy atom. The van der Waals surface area contributed by atoms with Gasteiger partial charge in [0.25, 0.3) is 0 Å². The van der Waals surface area contributed by atoms with Crippen molar-refractivity contribution in [1.29, 1.82) is 0 Å². The van der Waals surface area contributed by atoms with Crippen LogP contribution in [0, 0.1) is 0 Å². The first-order valence-electron chi connectivity index (χ1n) is 4.33. The summed E-state index contributed by atoms with van der Waals surface area (Å²) in [6.07, 6.45) is 1.74. The molecule has 0 aliphatic carbocycles. The van der Waals surface area contributed by atoms with Crippen LogP contribution in [0.3, 0.4) is 0 Å². The highest BCUT2D eigenvalue weighted by atomic mass is 35.5. The van der Waals surface area contributed by atoms with Crippen LogP contribution in [0.25, 0.3) is 6.08 Å². The van der Waals surface area contributed by atoms with Crippen molar-refractivity contribution in [3.05, 3.63) is 23.2 Å². The molecule has 0 aliphatic heterocycles. The van der Waals surface area contributed by atoms with Crippen LogP contribution < -0.4 is 14.2 Å². The molecule has 0 N–H and O–H groups in total. The van der Waals surface area contributed by atoms with Crippen LogP contribution in [-0.2, 0) is 0 Å². The molecule has 0 atom stereocenters. The van der Waals surface area contributed by atoms with Gasteiger partial charge in [-0.1, -0.05) is 11.6 Å². The number of hydrogen-bond donors (Lipinski definition) is 0. The van der Waals surface area contributed by atoms with E-state index in [9.17, 15) is 0 Å². The molecule has 0 saturated carbocycles. The molecule has 0 unspecified atom stereocenters. The van der Waals surface area contributed by atoms with E-state index in [2.05, 4.69) is 0 Å². The minimum Gasteiger partial charge on any atom is -0.493 e. The van der Waals surface area contributed by atoms with Crippen LogP contribution in [0.1, 0.15) is 5.56 Å². The Hall–Kier alpha value is -1.35. The number of benzene rings is 1. The maximum absolute atomic E-state index is 5.51. The van der Waals surface area contributed by atoms with E-state index in [4.69, 9.17) is 25.8 Å². The topological polar surface area (TPSA) is 27.7 Å². The maximum Gasteiger partial charge on any atom is 0.203 e. The third kappa shape index (κ3) is 2.57. The molecule has 0 heterocycles. The minimum absolute atomic E-state index is 0.576. The monoisotopic (exact) mass is 228 g/mol. The summed E-state index contributed by atoms with van der Waals surface area (Å²) >= 11 is 5.51. The quantitative estimate of drug-likeness (QED) is 0.793. The second-order valence-electron chi connectivity index (χ2n) is 2.75. The van der Waals surface area contributed by atoms with E-state index in [0.717, 1.165) is 5.56 Å². The van der Waals surface area contributed by atoms with Gasteiger partial charge in [0, 0.05) is 5.54 Å². The van der Waals surface area contributed by atoms with E-state index < -0.39 is 0 Å². The molecular formula is C11H13ClO3. The van der Waals surface area contributed by atoms with Gasteiger partial charge in [-0.2, -0.15) is 0 Å². The first kappa shape index (κ1) is 11.7. The van der Waals surface area contributed by atoms with Crippen molar-refractivity contribution in [2.45, 2.75) is 0 Å². The van der Waals surface area contributed by atoms with Crippen LogP contribution in [-0.4, -0.2) is 21.3 Å². The van der Waals surface area contributed by atoms with Gasteiger partial charge in [0.15, 0.2) is 11.5 Å². The summed E-state index contributed by atoms with van der Waals surface area (Å²) in [5.74, 6) is 1.80. The summed E-state index contributed by atoms with van der Waals surface area (Å²) in [6, 6.07) is 3.64. The second-order valence-corrected chi connectivity index (χ2v) is 3.00. The highest BCUT2D eigenvalue weighted by Gasteiger charge is 2.11. The van der Waals surface area contributed by atoms with E-state index in [1.807, 2.05) is 12.1 Å². The second kappa shape index (κ2) is 5.51. The Kier molecular flexibility index (Phi) is 4.31. The normalized spacial score (nSPS) is 10.4. The van der Waals surface area contributed by atoms with Crippen LogP contribution in [0.5, 0.6) is 17.2 Å². The molecule has 0 spiro atoms. The molecule has 0 radical (unpaired) electrons. The van der Waals surface area contributed by atoms with Gasteiger partial charge in [0.2, 0.25) is 5.75 Å². The molecule has 0 aliphatic rings. The molecule has 0 saturated heterocycles. The fourth-order valence-corrected chi connectivity index (χ4v) is 1.42. The molecule has 0 amide bonds. The molecular weight excluding hydrogens is 216 g/mol. The van der Waals surface area contributed by atoms with Crippen LogP contribution >= 0.6 is 11.6 Å². The van der Waals surface area contributed by atoms with Gasteiger partial charge in [-0.15, -0.1) is 0 Å². The number of ether oxygens (including phenoxy) is 3. The van der Waals surface area contributed by atoms with Crippen LogP contribution in [0.4, 0.5) is 0 Å². The van der Waals surface area contributed by atoms with Crippen molar-refractivity contribution >= 4 is 17.7 Å². The Labute approximate surface area is 94.2 Å². The van der Waals surface area contributed by atoms with E-state index in [1.54, 1.807) is 27.4 Å². The first-order chi connectivity index (χ1) is 7.26. The first-order valence-corrected chi connectivity index (χ1v) is 4.77. The lowest BCUT2D eigenvalue weighted by atomic mass is 10.2. The van der Waals surface area contributed by atoms with E-state index in [1.165, 1.54) is 5.54 Å². The molecule has 0 bridgehead atoms. The van der Waals surface area contributed by atoms with Crippen LogP contribution in [0.2, 0.25) is 0 Å². The van der Waals surface area contributed by atoms with E-state index in [-0.39, 0.29) is 0 Å². The average molecular weight is 229 g/mol. The molecule has 0 aromatic heterocycles. The molecule has 4 heteroatoms. The van der Waals surface area contributed by atoms with E-state index >= 15 is 0 Å². The predicted octanol–water partition coefficient (Wildman–Crippen LogP) is 2.92. The number of methoxy groups -OCH3 is 3. The Balaban J connectivity index is 3.28. The van der Waals surface area contributed by atoms with Gasteiger partial charge in [0.1, 0.15) is 0 Å². The fourth-order valence-electron chi connectivity index (χ4n) is 1.27. The number of rotatable bonds is 4. The third-order valence-corrected chi connectivity index (χ3v) is 2.07. The lowest BCUT2D eigenvalue weighted by Gasteiger charge is -2.12. The number of halogens is 1. The van der Waals surface area contributed by atoms with Gasteiger partial charge in [-0.05, 0) is 23.8 Å². The summed E-state index contributed by atoms with van der Waals surface area (Å²) in [5, 5.41) is 0. The Bertz CT molecular complexity index is 336. The van der Waals surface area contributed by atoms with Crippen molar-refractivity contribution in [2.75, 3.05) is 21.3 Å². The summed E-state index contributed by atoms with van der Waals surface area (Å²) in [7, 11) is 4.72. The lowest BCUT2D eigenvalue weighted by Crippen LogP contribution is -1.95. The molecule has 0 fully saturated rings. The lowest BCUT2D eigenvalue weighted by molar-refractivity contribution is 0.324. The zero-order chi connectivity index (χ0) is 11.3. The van der Waals surface area contributed by atoms with Gasteiger partial charge >= 0.3 is 0 Å². The van der Waals surface area contributed by atoms with Crippen molar-refractivity contribution in [2.24, 2.45) is 0 Å². The zero-order valence-electron chi connectivity index (χ0n) is 8.91. The summed E-state index contributed by atoms with van der Waals surface area (Å²) in [6.45, 7) is 0. The number of hydrogen-bond acceptors (Lipinski definition) is 3. The van der Waals surface area contributed by atoms with E-state index in [0.29, 0.717) is 17.2 Å². The minimum atomic E-state index is 0.576. The Morgan fingerprint density at radius 1 is 1.00 bits per heavy atom. The molecule has 15 heavy (non-hydrogen) atoms. The predicted molar refractivity (Wildman–Crippen MR) is 61.0 cm³/mol. The van der Waals surface area contributed by atoms with Gasteiger partial charge in [-0.3, -0.25) is 0 Å². The maximum atomic E-state index is 5.51.